The molecule has 0 saturated heterocycles. The van der Waals surface area contributed by atoms with Crippen LogP contribution in [-0.4, -0.2) is 18.3 Å². The van der Waals surface area contributed by atoms with E-state index in [0.29, 0.717) is 0 Å². The number of aromatic amines is 1. The number of fused-ring (bicyclic) bond motifs is 1. The first kappa shape index (κ1) is 13.9. The third kappa shape index (κ3) is 2.72. The third-order valence-corrected chi connectivity index (χ3v) is 4.29. The molecular weight excluding hydrogens is 280 g/mol. The maximum absolute atomic E-state index is 6.07. The second-order valence-corrected chi connectivity index (χ2v) is 5.81. The molecule has 3 aromatic rings. The highest BCUT2D eigenvalue weighted by molar-refractivity contribution is 7.99. The average Bonchev–Trinajstić information content (AvgIpc) is 2.83. The highest BCUT2D eigenvalue weighted by Gasteiger charge is 2.10. The van der Waals surface area contributed by atoms with Crippen molar-refractivity contribution < 1.29 is 4.74 Å². The molecule has 1 heterocycles. The minimum absolute atomic E-state index is 0.848. The summed E-state index contributed by atoms with van der Waals surface area (Å²) < 4.78 is 8.19. The minimum atomic E-state index is 0.848. The number of benzene rings is 2. The highest BCUT2D eigenvalue weighted by Crippen LogP contribution is 2.34. The fourth-order valence-electron chi connectivity index (χ4n) is 2.33. The third-order valence-electron chi connectivity index (χ3n) is 3.53. The normalized spacial score (nSPS) is 10.8. The predicted octanol–water partition coefficient (Wildman–Crippen LogP) is 4.98. The molecule has 0 atom stereocenters. The predicted molar refractivity (Wildman–Crippen MR) is 91.5 cm³/mol. The minimum Gasteiger partial charge on any atom is -0.455 e. The number of H-pyrrole nitrogens is 1. The van der Waals surface area contributed by atoms with Crippen molar-refractivity contribution in [3.63, 3.8) is 0 Å². The molecule has 2 aromatic carbocycles. The zero-order valence-electron chi connectivity index (χ0n) is 12.4. The number of aryl methyl sites for hydroxylation is 1. The van der Waals surface area contributed by atoms with Crippen molar-refractivity contribution in [1.29, 1.82) is 0 Å². The summed E-state index contributed by atoms with van der Waals surface area (Å²) in [5.74, 6) is 1.75. The van der Waals surface area contributed by atoms with E-state index in [1.165, 1.54) is 0 Å². The fourth-order valence-corrected chi connectivity index (χ4v) is 2.66. The molecule has 3 nitrogen and oxygen atoms in total. The van der Waals surface area contributed by atoms with Gasteiger partial charge >= 0.3 is 0 Å². The summed E-state index contributed by atoms with van der Waals surface area (Å²) in [4.78, 5) is 3.35. The summed E-state index contributed by atoms with van der Waals surface area (Å²) in [6, 6.07) is 16.3. The van der Waals surface area contributed by atoms with Crippen LogP contribution in [0.5, 0.6) is 11.5 Å². The molecule has 0 spiro atoms. The van der Waals surface area contributed by atoms with Crippen molar-refractivity contribution in [2.45, 2.75) is 6.92 Å². The second kappa shape index (κ2) is 5.74. The van der Waals surface area contributed by atoms with Crippen LogP contribution in [0.2, 0.25) is 0 Å². The van der Waals surface area contributed by atoms with Crippen molar-refractivity contribution in [3.8, 4) is 11.5 Å². The molecule has 1 aromatic heterocycles. The van der Waals surface area contributed by atoms with Gasteiger partial charge in [0.05, 0.1) is 5.69 Å². The topological polar surface area (TPSA) is 28.3 Å². The standard InChI is InChI=1S/C17H18N2OS/c1-12-17(15-6-4-5-7-16(15)18-12)20-14-10-8-13(9-11-14)19(2)21-3/h4-11,18H,1-3H3. The molecule has 0 aliphatic heterocycles. The molecule has 3 rings (SSSR count). The number of hydrogen-bond acceptors (Lipinski definition) is 3. The second-order valence-electron chi connectivity index (χ2n) is 4.90. The van der Waals surface area contributed by atoms with Gasteiger partial charge in [-0.3, -0.25) is 0 Å². The molecular formula is C17H18N2OS. The van der Waals surface area contributed by atoms with Gasteiger partial charge in [0.25, 0.3) is 0 Å². The summed E-state index contributed by atoms with van der Waals surface area (Å²) in [6.45, 7) is 2.03. The van der Waals surface area contributed by atoms with E-state index in [9.17, 15) is 0 Å². The highest BCUT2D eigenvalue weighted by atomic mass is 32.2. The Kier molecular flexibility index (Phi) is 3.80. The molecule has 0 radical (unpaired) electrons. The number of ether oxygens (including phenoxy) is 1. The SMILES string of the molecule is CSN(C)c1ccc(Oc2c(C)[nH]c3ccccc23)cc1. The molecule has 0 unspecified atom stereocenters. The van der Waals surface area contributed by atoms with E-state index < -0.39 is 0 Å². The van der Waals surface area contributed by atoms with Gasteiger partial charge in [0.2, 0.25) is 0 Å². The molecule has 4 heteroatoms. The molecule has 0 saturated carbocycles. The van der Waals surface area contributed by atoms with E-state index in [1.54, 1.807) is 11.9 Å². The Morgan fingerprint density at radius 1 is 1.05 bits per heavy atom. The lowest BCUT2D eigenvalue weighted by Crippen LogP contribution is -2.04. The van der Waals surface area contributed by atoms with E-state index >= 15 is 0 Å². The van der Waals surface area contributed by atoms with Crippen LogP contribution in [0.15, 0.2) is 48.5 Å². The summed E-state index contributed by atoms with van der Waals surface area (Å²) in [5, 5.41) is 1.11. The molecule has 0 amide bonds. The zero-order chi connectivity index (χ0) is 14.8. The maximum atomic E-state index is 6.07. The Hall–Kier alpha value is -2.07. The number of anilines is 1. The maximum Gasteiger partial charge on any atom is 0.155 e. The smallest absolute Gasteiger partial charge is 0.155 e. The average molecular weight is 298 g/mol. The van der Waals surface area contributed by atoms with Crippen molar-refractivity contribution in [2.75, 3.05) is 17.6 Å². The lowest BCUT2D eigenvalue weighted by Gasteiger charge is -2.15. The van der Waals surface area contributed by atoms with Crippen LogP contribution in [-0.2, 0) is 0 Å². The Labute approximate surface area is 129 Å². The van der Waals surface area contributed by atoms with Gasteiger partial charge in [-0.15, -0.1) is 0 Å². The molecule has 0 aliphatic carbocycles. The molecule has 0 aliphatic rings. The van der Waals surface area contributed by atoms with Gasteiger partial charge in [-0.2, -0.15) is 0 Å². The van der Waals surface area contributed by atoms with E-state index in [0.717, 1.165) is 33.8 Å². The summed E-state index contributed by atoms with van der Waals surface area (Å²) in [5.41, 5.74) is 3.30. The van der Waals surface area contributed by atoms with Crippen molar-refractivity contribution >= 4 is 28.5 Å². The van der Waals surface area contributed by atoms with Crippen LogP contribution in [0.25, 0.3) is 10.9 Å². The van der Waals surface area contributed by atoms with Crippen LogP contribution < -0.4 is 9.04 Å². The number of para-hydroxylation sites is 1. The molecule has 0 fully saturated rings. The monoisotopic (exact) mass is 298 g/mol. The van der Waals surface area contributed by atoms with Gasteiger partial charge in [0, 0.05) is 29.9 Å². The van der Waals surface area contributed by atoms with Crippen molar-refractivity contribution in [3.05, 3.63) is 54.2 Å². The van der Waals surface area contributed by atoms with Gasteiger partial charge in [-0.1, -0.05) is 24.1 Å². The van der Waals surface area contributed by atoms with E-state index in [2.05, 4.69) is 39.8 Å². The number of rotatable bonds is 4. The number of nitrogens with one attached hydrogen (secondary N) is 1. The molecule has 108 valence electrons. The van der Waals surface area contributed by atoms with Crippen LogP contribution in [0, 0.1) is 6.92 Å². The largest absolute Gasteiger partial charge is 0.455 e. The van der Waals surface area contributed by atoms with Gasteiger partial charge in [0.1, 0.15) is 5.75 Å². The van der Waals surface area contributed by atoms with E-state index in [1.807, 2.05) is 38.2 Å². The summed E-state index contributed by atoms with van der Waals surface area (Å²) >= 11 is 1.68. The first-order chi connectivity index (χ1) is 10.2. The Bertz CT molecular complexity index is 749. The first-order valence-electron chi connectivity index (χ1n) is 6.82. The van der Waals surface area contributed by atoms with Crippen LogP contribution in [0.3, 0.4) is 0 Å². The van der Waals surface area contributed by atoms with Crippen LogP contribution in [0.4, 0.5) is 5.69 Å². The van der Waals surface area contributed by atoms with E-state index in [4.69, 9.17) is 4.74 Å². The number of nitrogens with zero attached hydrogens (tertiary/aromatic N) is 1. The summed E-state index contributed by atoms with van der Waals surface area (Å²) in [6.07, 6.45) is 2.06. The molecule has 0 bridgehead atoms. The quantitative estimate of drug-likeness (QED) is 0.688. The van der Waals surface area contributed by atoms with Gasteiger partial charge in [-0.25, -0.2) is 0 Å². The molecule has 1 N–H and O–H groups in total. The first-order valence-corrected chi connectivity index (χ1v) is 8.00. The Morgan fingerprint density at radius 2 is 1.76 bits per heavy atom. The number of hydrogen-bond donors (Lipinski definition) is 1. The zero-order valence-corrected chi connectivity index (χ0v) is 13.2. The molecule has 21 heavy (non-hydrogen) atoms. The van der Waals surface area contributed by atoms with Gasteiger partial charge < -0.3 is 14.0 Å². The lowest BCUT2D eigenvalue weighted by molar-refractivity contribution is 0.484. The summed E-state index contributed by atoms with van der Waals surface area (Å²) in [7, 11) is 2.05. The van der Waals surface area contributed by atoms with Crippen molar-refractivity contribution in [2.24, 2.45) is 0 Å². The van der Waals surface area contributed by atoms with Gasteiger partial charge in [0.15, 0.2) is 5.75 Å². The Morgan fingerprint density at radius 3 is 2.48 bits per heavy atom. The van der Waals surface area contributed by atoms with Gasteiger partial charge in [-0.05, 0) is 43.3 Å². The van der Waals surface area contributed by atoms with Crippen molar-refractivity contribution in [1.82, 2.24) is 4.98 Å². The van der Waals surface area contributed by atoms with E-state index in [-0.39, 0.29) is 0 Å². The van der Waals surface area contributed by atoms with Crippen LogP contribution in [0.1, 0.15) is 5.69 Å². The Balaban J connectivity index is 1.90. The fraction of sp³-hybridized carbons (Fsp3) is 0.176. The lowest BCUT2D eigenvalue weighted by atomic mass is 10.2. The van der Waals surface area contributed by atoms with Crippen LogP contribution >= 0.6 is 11.9 Å². The number of aromatic nitrogens is 1.